The van der Waals surface area contributed by atoms with Crippen molar-refractivity contribution in [1.82, 2.24) is 9.55 Å². The third-order valence-corrected chi connectivity index (χ3v) is 3.90. The molecule has 0 aliphatic heterocycles. The lowest BCUT2D eigenvalue weighted by molar-refractivity contribution is -0.143. The van der Waals surface area contributed by atoms with Gasteiger partial charge in [-0.05, 0) is 35.9 Å². The van der Waals surface area contributed by atoms with Crippen molar-refractivity contribution in [1.29, 1.82) is 0 Å². The first-order chi connectivity index (χ1) is 11.5. The van der Waals surface area contributed by atoms with Gasteiger partial charge in [0.25, 0.3) is 0 Å². The quantitative estimate of drug-likeness (QED) is 0.379. The fourth-order valence-corrected chi connectivity index (χ4v) is 2.71. The predicted molar refractivity (Wildman–Crippen MR) is 81.2 cm³/mol. The van der Waals surface area contributed by atoms with Gasteiger partial charge in [-0.1, -0.05) is 11.6 Å². The minimum absolute atomic E-state index is 0.101. The van der Waals surface area contributed by atoms with Gasteiger partial charge in [-0.2, -0.15) is 26.3 Å². The molecule has 0 atom stereocenters. The highest BCUT2D eigenvalue weighted by molar-refractivity contribution is 6.29. The third kappa shape index (κ3) is 3.30. The Bertz CT molecular complexity index is 923. The second kappa shape index (κ2) is 5.66. The van der Waals surface area contributed by atoms with Gasteiger partial charge < -0.3 is 4.57 Å². The van der Waals surface area contributed by atoms with Crippen LogP contribution in [-0.2, 0) is 19.4 Å². The van der Waals surface area contributed by atoms with Gasteiger partial charge in [0.2, 0.25) is 0 Å². The Hall–Kier alpha value is -2.22. The molecule has 0 saturated heterocycles. The van der Waals surface area contributed by atoms with Gasteiger partial charge in [0, 0.05) is 24.2 Å². The molecule has 0 amide bonds. The standard InChI is InChI=1S/C16H9ClF6N2/c1-25-7-12(11-2-3-13(17)24-14(11)25)8-4-9(15(18,19)20)6-10(5-8)16(21,22)23/h2-7H,1H3. The van der Waals surface area contributed by atoms with Crippen molar-refractivity contribution in [3.63, 3.8) is 0 Å². The van der Waals surface area contributed by atoms with Crippen molar-refractivity contribution in [2.45, 2.75) is 12.4 Å². The number of aryl methyl sites for hydroxylation is 1. The highest BCUT2D eigenvalue weighted by Gasteiger charge is 2.37. The molecule has 0 N–H and O–H groups in total. The van der Waals surface area contributed by atoms with Crippen LogP contribution in [0.3, 0.4) is 0 Å². The molecule has 0 aliphatic carbocycles. The Balaban J connectivity index is 2.30. The van der Waals surface area contributed by atoms with Crippen LogP contribution in [0.5, 0.6) is 0 Å². The Morgan fingerprint density at radius 1 is 0.920 bits per heavy atom. The minimum Gasteiger partial charge on any atom is -0.335 e. The van der Waals surface area contributed by atoms with Gasteiger partial charge in [-0.15, -0.1) is 0 Å². The first kappa shape index (κ1) is 17.6. The summed E-state index contributed by atoms with van der Waals surface area (Å²) in [6.07, 6.45) is -8.38. The van der Waals surface area contributed by atoms with Crippen LogP contribution in [0, 0.1) is 0 Å². The molecule has 2 heterocycles. The molecule has 0 radical (unpaired) electrons. The Kier molecular flexibility index (Phi) is 3.98. The summed E-state index contributed by atoms with van der Waals surface area (Å²) in [6, 6.07) is 4.42. The normalized spacial score (nSPS) is 12.8. The molecule has 0 fully saturated rings. The molecule has 3 rings (SSSR count). The lowest BCUT2D eigenvalue weighted by Gasteiger charge is -2.14. The highest BCUT2D eigenvalue weighted by Crippen LogP contribution is 2.40. The van der Waals surface area contributed by atoms with Gasteiger partial charge in [0.05, 0.1) is 11.1 Å². The summed E-state index contributed by atoms with van der Waals surface area (Å²) in [5.41, 5.74) is -2.36. The van der Waals surface area contributed by atoms with E-state index < -0.39 is 23.5 Å². The van der Waals surface area contributed by atoms with Crippen LogP contribution in [0.25, 0.3) is 22.2 Å². The fourth-order valence-electron chi connectivity index (χ4n) is 2.57. The lowest BCUT2D eigenvalue weighted by atomic mass is 9.99. The molecule has 0 aliphatic rings. The minimum atomic E-state index is -4.90. The molecular weight excluding hydrogens is 370 g/mol. The van der Waals surface area contributed by atoms with E-state index in [0.29, 0.717) is 23.2 Å². The summed E-state index contributed by atoms with van der Waals surface area (Å²) in [5.74, 6) is 0. The van der Waals surface area contributed by atoms with Gasteiger partial charge >= 0.3 is 12.4 Å². The van der Waals surface area contributed by atoms with E-state index in [2.05, 4.69) is 4.98 Å². The summed E-state index contributed by atoms with van der Waals surface area (Å²) in [5, 5.41) is 0.569. The van der Waals surface area contributed by atoms with E-state index in [9.17, 15) is 26.3 Å². The Morgan fingerprint density at radius 3 is 2.00 bits per heavy atom. The zero-order chi connectivity index (χ0) is 18.6. The zero-order valence-corrected chi connectivity index (χ0v) is 13.3. The Morgan fingerprint density at radius 2 is 1.48 bits per heavy atom. The summed E-state index contributed by atoms with van der Waals surface area (Å²) in [7, 11) is 1.58. The van der Waals surface area contributed by atoms with E-state index in [0.717, 1.165) is 0 Å². The van der Waals surface area contributed by atoms with Crippen molar-refractivity contribution in [3.05, 3.63) is 52.8 Å². The third-order valence-electron chi connectivity index (χ3n) is 3.69. The van der Waals surface area contributed by atoms with Crippen LogP contribution < -0.4 is 0 Å². The van der Waals surface area contributed by atoms with E-state index in [1.165, 1.54) is 22.9 Å². The maximum Gasteiger partial charge on any atom is 0.416 e. The van der Waals surface area contributed by atoms with Crippen LogP contribution in [0.4, 0.5) is 26.3 Å². The number of benzene rings is 1. The number of rotatable bonds is 1. The van der Waals surface area contributed by atoms with E-state index in [4.69, 9.17) is 11.6 Å². The number of fused-ring (bicyclic) bond motifs is 1. The van der Waals surface area contributed by atoms with Crippen molar-refractivity contribution < 1.29 is 26.3 Å². The number of halogens is 7. The fraction of sp³-hybridized carbons (Fsp3) is 0.188. The molecule has 3 aromatic rings. The Labute approximate surface area is 142 Å². The second-order valence-corrected chi connectivity index (χ2v) is 5.84. The summed E-state index contributed by atoms with van der Waals surface area (Å²) in [6.45, 7) is 0. The molecule has 132 valence electrons. The number of alkyl halides is 6. The first-order valence-electron chi connectivity index (χ1n) is 6.88. The van der Waals surface area contributed by atoms with Crippen LogP contribution in [0.1, 0.15) is 11.1 Å². The molecule has 2 aromatic heterocycles. The maximum absolute atomic E-state index is 13.0. The smallest absolute Gasteiger partial charge is 0.335 e. The van der Waals surface area contributed by atoms with Gasteiger partial charge in [-0.3, -0.25) is 0 Å². The first-order valence-corrected chi connectivity index (χ1v) is 7.26. The SMILES string of the molecule is Cn1cc(-c2cc(C(F)(F)F)cc(C(F)(F)F)c2)c2ccc(Cl)nc21. The number of pyridine rings is 1. The van der Waals surface area contributed by atoms with Gasteiger partial charge in [0.1, 0.15) is 10.8 Å². The van der Waals surface area contributed by atoms with Crippen molar-refractivity contribution in [2.24, 2.45) is 7.05 Å². The van der Waals surface area contributed by atoms with E-state index in [1.807, 2.05) is 0 Å². The average molecular weight is 379 g/mol. The topological polar surface area (TPSA) is 17.8 Å². The van der Waals surface area contributed by atoms with Crippen LogP contribution in [0.2, 0.25) is 5.15 Å². The molecule has 9 heteroatoms. The van der Waals surface area contributed by atoms with Crippen molar-refractivity contribution >= 4 is 22.6 Å². The van der Waals surface area contributed by atoms with Crippen molar-refractivity contribution in [2.75, 3.05) is 0 Å². The summed E-state index contributed by atoms with van der Waals surface area (Å²) >= 11 is 5.79. The molecule has 25 heavy (non-hydrogen) atoms. The molecule has 1 aromatic carbocycles. The molecule has 2 nitrogen and oxygen atoms in total. The lowest BCUT2D eigenvalue weighted by Crippen LogP contribution is -2.11. The van der Waals surface area contributed by atoms with Gasteiger partial charge in [-0.25, -0.2) is 4.98 Å². The number of aromatic nitrogens is 2. The number of nitrogens with zero attached hydrogens (tertiary/aromatic N) is 2. The van der Waals surface area contributed by atoms with Gasteiger partial charge in [0.15, 0.2) is 0 Å². The summed E-state index contributed by atoms with van der Waals surface area (Å²) in [4.78, 5) is 4.05. The van der Waals surface area contributed by atoms with Crippen LogP contribution in [0.15, 0.2) is 36.5 Å². The number of hydrogen-bond donors (Lipinski definition) is 0. The van der Waals surface area contributed by atoms with E-state index in [1.54, 1.807) is 7.05 Å². The molecule has 0 unspecified atom stereocenters. The van der Waals surface area contributed by atoms with E-state index in [-0.39, 0.29) is 22.3 Å². The highest BCUT2D eigenvalue weighted by atomic mass is 35.5. The zero-order valence-electron chi connectivity index (χ0n) is 12.5. The van der Waals surface area contributed by atoms with Crippen LogP contribution >= 0.6 is 11.6 Å². The molecule has 0 bridgehead atoms. The largest absolute Gasteiger partial charge is 0.416 e. The second-order valence-electron chi connectivity index (χ2n) is 5.45. The molecule has 0 spiro atoms. The predicted octanol–water partition coefficient (Wildman–Crippen LogP) is 5.93. The van der Waals surface area contributed by atoms with Crippen LogP contribution in [-0.4, -0.2) is 9.55 Å². The molecular formula is C16H9ClF6N2. The summed E-state index contributed by atoms with van der Waals surface area (Å²) < 4.78 is 79.6. The maximum atomic E-state index is 13.0. The number of hydrogen-bond acceptors (Lipinski definition) is 1. The monoisotopic (exact) mass is 378 g/mol. The molecule has 0 saturated carbocycles. The van der Waals surface area contributed by atoms with Crippen molar-refractivity contribution in [3.8, 4) is 11.1 Å². The average Bonchev–Trinajstić information content (AvgIpc) is 2.82. The van der Waals surface area contributed by atoms with E-state index >= 15 is 0 Å².